The fourth-order valence-electron chi connectivity index (χ4n) is 0.316. The molecule has 0 saturated carbocycles. The molecule has 1 heterocycles. The molecule has 3 heteroatoms. The molecule has 0 radical (unpaired) electrons. The molecule has 40 valence electrons. The molecule has 0 aliphatic carbocycles. The normalized spacial score (nSPS) is 29.6. The van der Waals surface area contributed by atoms with Gasteiger partial charge in [-0.2, -0.15) is 0 Å². The average Bonchev–Trinajstić information content (AvgIpc) is 1.69. The van der Waals surface area contributed by atoms with Crippen LogP contribution in [0, 0.1) is 0 Å². The Hall–Kier alpha value is -0.570. The molecule has 1 rings (SSSR count). The van der Waals surface area contributed by atoms with E-state index in [1.165, 1.54) is 12.3 Å². The summed E-state index contributed by atoms with van der Waals surface area (Å²) in [5, 5.41) is 0. The average molecular weight is 104 g/mol. The van der Waals surface area contributed by atoms with E-state index in [4.69, 9.17) is 0 Å². The van der Waals surface area contributed by atoms with Crippen LogP contribution in [-0.4, -0.2) is 13.2 Å². The molecular formula is C4H5FO2. The second kappa shape index (κ2) is 1.93. The van der Waals surface area contributed by atoms with Crippen LogP contribution < -0.4 is 0 Å². The smallest absolute Gasteiger partial charge is 0.224 e. The summed E-state index contributed by atoms with van der Waals surface area (Å²) in [6, 6.07) is 0. The molecule has 1 aliphatic rings. The van der Waals surface area contributed by atoms with Gasteiger partial charge in [-0.3, -0.25) is 0 Å². The van der Waals surface area contributed by atoms with Gasteiger partial charge in [0, 0.05) is 6.08 Å². The molecule has 0 aromatic heterocycles. The number of hydrogen-bond acceptors (Lipinski definition) is 2. The lowest BCUT2D eigenvalue weighted by Gasteiger charge is -2.08. The quantitative estimate of drug-likeness (QED) is 0.452. The summed E-state index contributed by atoms with van der Waals surface area (Å²) in [5.74, 6) is 0. The van der Waals surface area contributed by atoms with E-state index in [1.807, 2.05) is 0 Å². The number of halogens is 1. The van der Waals surface area contributed by atoms with Crippen LogP contribution in [0.25, 0.3) is 0 Å². The third-order valence-electron chi connectivity index (χ3n) is 0.621. The van der Waals surface area contributed by atoms with Crippen molar-refractivity contribution in [1.82, 2.24) is 0 Å². The van der Waals surface area contributed by atoms with Gasteiger partial charge in [-0.05, 0) is 0 Å². The molecule has 0 fully saturated rings. The molecule has 0 spiro atoms. The SMILES string of the molecule is FC1C=COCO1. The number of alkyl halides is 1. The zero-order chi connectivity index (χ0) is 5.11. The molecular weight excluding hydrogens is 99.0 g/mol. The molecule has 1 unspecified atom stereocenters. The first-order valence-electron chi connectivity index (χ1n) is 1.93. The molecule has 0 bridgehead atoms. The van der Waals surface area contributed by atoms with Crippen molar-refractivity contribution < 1.29 is 13.9 Å². The summed E-state index contributed by atoms with van der Waals surface area (Å²) in [4.78, 5) is 0. The lowest BCUT2D eigenvalue weighted by molar-refractivity contribution is -0.106. The zero-order valence-electron chi connectivity index (χ0n) is 3.63. The summed E-state index contributed by atoms with van der Waals surface area (Å²) >= 11 is 0. The summed E-state index contributed by atoms with van der Waals surface area (Å²) in [6.07, 6.45) is 1.21. The monoisotopic (exact) mass is 104 g/mol. The van der Waals surface area contributed by atoms with Gasteiger partial charge in [0.05, 0.1) is 6.26 Å². The van der Waals surface area contributed by atoms with E-state index in [9.17, 15) is 4.39 Å². The lowest BCUT2D eigenvalue weighted by Crippen LogP contribution is -2.09. The van der Waals surface area contributed by atoms with Crippen molar-refractivity contribution in [3.63, 3.8) is 0 Å². The van der Waals surface area contributed by atoms with Crippen molar-refractivity contribution >= 4 is 0 Å². The van der Waals surface area contributed by atoms with E-state index in [2.05, 4.69) is 9.47 Å². The molecule has 0 saturated heterocycles. The van der Waals surface area contributed by atoms with E-state index in [0.29, 0.717) is 0 Å². The zero-order valence-corrected chi connectivity index (χ0v) is 3.63. The van der Waals surface area contributed by atoms with E-state index >= 15 is 0 Å². The van der Waals surface area contributed by atoms with E-state index in [1.54, 1.807) is 0 Å². The van der Waals surface area contributed by atoms with Crippen LogP contribution >= 0.6 is 0 Å². The number of ether oxygens (including phenoxy) is 2. The Labute approximate surface area is 40.5 Å². The first kappa shape index (κ1) is 4.59. The lowest BCUT2D eigenvalue weighted by atomic mass is 10.6. The summed E-state index contributed by atoms with van der Waals surface area (Å²) in [6.45, 7) is 0.0255. The van der Waals surface area contributed by atoms with E-state index in [-0.39, 0.29) is 6.79 Å². The van der Waals surface area contributed by atoms with Gasteiger partial charge in [-0.1, -0.05) is 0 Å². The molecule has 1 aliphatic heterocycles. The molecule has 7 heavy (non-hydrogen) atoms. The summed E-state index contributed by atoms with van der Waals surface area (Å²) in [7, 11) is 0. The van der Waals surface area contributed by atoms with Crippen molar-refractivity contribution in [3.05, 3.63) is 12.3 Å². The van der Waals surface area contributed by atoms with Crippen molar-refractivity contribution in [3.8, 4) is 0 Å². The Morgan fingerprint density at radius 1 is 1.71 bits per heavy atom. The van der Waals surface area contributed by atoms with Gasteiger partial charge in [0.1, 0.15) is 0 Å². The highest BCUT2D eigenvalue weighted by atomic mass is 19.1. The number of hydrogen-bond donors (Lipinski definition) is 0. The molecule has 0 amide bonds. The van der Waals surface area contributed by atoms with Gasteiger partial charge >= 0.3 is 0 Å². The second-order valence-electron chi connectivity index (χ2n) is 1.13. The Morgan fingerprint density at radius 3 is 2.86 bits per heavy atom. The molecule has 0 aromatic rings. The predicted molar refractivity (Wildman–Crippen MR) is 21.1 cm³/mol. The van der Waals surface area contributed by atoms with E-state index < -0.39 is 6.36 Å². The molecule has 0 aromatic carbocycles. The van der Waals surface area contributed by atoms with Crippen molar-refractivity contribution in [2.75, 3.05) is 6.79 Å². The van der Waals surface area contributed by atoms with Gasteiger partial charge in [0.25, 0.3) is 0 Å². The Bertz CT molecular complexity index is 81.8. The van der Waals surface area contributed by atoms with Crippen LogP contribution in [0.2, 0.25) is 0 Å². The van der Waals surface area contributed by atoms with Crippen LogP contribution in [0.5, 0.6) is 0 Å². The van der Waals surface area contributed by atoms with Gasteiger partial charge < -0.3 is 9.47 Å². The fourth-order valence-corrected chi connectivity index (χ4v) is 0.316. The first-order valence-corrected chi connectivity index (χ1v) is 1.93. The van der Waals surface area contributed by atoms with E-state index in [0.717, 1.165) is 0 Å². The highest BCUT2D eigenvalue weighted by Gasteiger charge is 2.03. The van der Waals surface area contributed by atoms with Gasteiger partial charge in [0.2, 0.25) is 6.36 Å². The maximum Gasteiger partial charge on any atom is 0.224 e. The summed E-state index contributed by atoms with van der Waals surface area (Å²) < 4.78 is 20.6. The molecule has 1 atom stereocenters. The third kappa shape index (κ3) is 1.16. The van der Waals surface area contributed by atoms with Gasteiger partial charge in [0.15, 0.2) is 6.79 Å². The largest absolute Gasteiger partial charge is 0.475 e. The fraction of sp³-hybridized carbons (Fsp3) is 0.500. The van der Waals surface area contributed by atoms with Crippen LogP contribution in [0.1, 0.15) is 0 Å². The maximum atomic E-state index is 11.8. The predicted octanol–water partition coefficient (Wildman–Crippen LogP) is 0.800. The first-order chi connectivity index (χ1) is 3.39. The van der Waals surface area contributed by atoms with Crippen LogP contribution in [0.4, 0.5) is 4.39 Å². The Balaban J connectivity index is 2.36. The van der Waals surface area contributed by atoms with Crippen molar-refractivity contribution in [2.24, 2.45) is 0 Å². The topological polar surface area (TPSA) is 18.5 Å². The van der Waals surface area contributed by atoms with Gasteiger partial charge in [-0.25, -0.2) is 4.39 Å². The van der Waals surface area contributed by atoms with Crippen LogP contribution in [0.15, 0.2) is 12.3 Å². The Kier molecular flexibility index (Phi) is 1.26. The standard InChI is InChI=1S/C4H5FO2/c5-4-1-2-6-3-7-4/h1-2,4H,3H2. The second-order valence-corrected chi connectivity index (χ2v) is 1.13. The highest BCUT2D eigenvalue weighted by Crippen LogP contribution is 2.01. The van der Waals surface area contributed by atoms with Crippen LogP contribution in [-0.2, 0) is 9.47 Å². The van der Waals surface area contributed by atoms with Gasteiger partial charge in [-0.15, -0.1) is 0 Å². The minimum absolute atomic E-state index is 0.0255. The minimum Gasteiger partial charge on any atom is -0.475 e. The summed E-state index contributed by atoms with van der Waals surface area (Å²) in [5.41, 5.74) is 0. The van der Waals surface area contributed by atoms with Crippen molar-refractivity contribution in [1.29, 1.82) is 0 Å². The van der Waals surface area contributed by atoms with Crippen molar-refractivity contribution in [2.45, 2.75) is 6.36 Å². The maximum absolute atomic E-state index is 11.8. The third-order valence-corrected chi connectivity index (χ3v) is 0.621. The minimum atomic E-state index is -1.27. The Morgan fingerprint density at radius 2 is 2.57 bits per heavy atom. The van der Waals surface area contributed by atoms with Crippen LogP contribution in [0.3, 0.4) is 0 Å². The molecule has 0 N–H and O–H groups in total. The molecule has 2 nitrogen and oxygen atoms in total. The number of rotatable bonds is 0. The highest BCUT2D eigenvalue weighted by molar-refractivity contribution is 4.78.